The van der Waals surface area contributed by atoms with Crippen LogP contribution in [0.15, 0.2) is 11.4 Å². The third-order valence-corrected chi connectivity index (χ3v) is 4.66. The lowest BCUT2D eigenvalue weighted by Crippen LogP contribution is -2.24. The summed E-state index contributed by atoms with van der Waals surface area (Å²) in [5.41, 5.74) is 1.05. The molecule has 1 aromatic rings. The van der Waals surface area contributed by atoms with Crippen molar-refractivity contribution in [1.29, 1.82) is 0 Å². The number of rotatable bonds is 2. The van der Waals surface area contributed by atoms with Crippen LogP contribution in [-0.4, -0.2) is 17.3 Å². The molecule has 1 aliphatic heterocycles. The SMILES string of the molecule is Cc1cc(C(O)C2C(C)OC(C)C2C)cs1. The van der Waals surface area contributed by atoms with Gasteiger partial charge in [0.25, 0.3) is 0 Å². The minimum absolute atomic E-state index is 0.139. The fourth-order valence-electron chi connectivity index (χ4n) is 2.68. The van der Waals surface area contributed by atoms with Gasteiger partial charge in [-0.2, -0.15) is 0 Å². The van der Waals surface area contributed by atoms with Gasteiger partial charge < -0.3 is 9.84 Å². The molecule has 0 spiro atoms. The molecular formula is C13H20O2S. The van der Waals surface area contributed by atoms with Crippen molar-refractivity contribution in [3.63, 3.8) is 0 Å². The maximum absolute atomic E-state index is 10.4. The highest BCUT2D eigenvalue weighted by molar-refractivity contribution is 7.10. The Bertz CT molecular complexity index is 361. The highest BCUT2D eigenvalue weighted by Gasteiger charge is 2.41. The van der Waals surface area contributed by atoms with Crippen LogP contribution in [0.2, 0.25) is 0 Å². The van der Waals surface area contributed by atoms with E-state index in [1.807, 2.05) is 0 Å². The molecule has 1 saturated heterocycles. The van der Waals surface area contributed by atoms with Gasteiger partial charge in [-0.05, 0) is 43.7 Å². The molecule has 1 fully saturated rings. The minimum atomic E-state index is -0.389. The first-order valence-corrected chi connectivity index (χ1v) is 6.77. The summed E-state index contributed by atoms with van der Waals surface area (Å²) in [5, 5.41) is 12.5. The van der Waals surface area contributed by atoms with E-state index in [0.29, 0.717) is 5.92 Å². The summed E-state index contributed by atoms with van der Waals surface area (Å²) in [6.45, 7) is 8.39. The molecule has 0 saturated carbocycles. The van der Waals surface area contributed by atoms with Gasteiger partial charge in [0, 0.05) is 10.8 Å². The molecule has 2 rings (SSSR count). The second-order valence-electron chi connectivity index (χ2n) is 4.92. The fourth-order valence-corrected chi connectivity index (χ4v) is 3.41. The van der Waals surface area contributed by atoms with Gasteiger partial charge in [-0.3, -0.25) is 0 Å². The zero-order valence-electron chi connectivity index (χ0n) is 10.3. The van der Waals surface area contributed by atoms with E-state index in [9.17, 15) is 5.11 Å². The first kappa shape index (κ1) is 12.1. The molecule has 5 atom stereocenters. The van der Waals surface area contributed by atoms with Gasteiger partial charge in [0.05, 0.1) is 18.3 Å². The first-order valence-electron chi connectivity index (χ1n) is 5.89. The van der Waals surface area contributed by atoms with Gasteiger partial charge in [-0.15, -0.1) is 11.3 Å². The molecule has 90 valence electrons. The molecule has 16 heavy (non-hydrogen) atoms. The van der Waals surface area contributed by atoms with Gasteiger partial charge in [-0.25, -0.2) is 0 Å². The molecule has 0 bridgehead atoms. The van der Waals surface area contributed by atoms with Crippen molar-refractivity contribution in [3.8, 4) is 0 Å². The lowest BCUT2D eigenvalue weighted by atomic mass is 9.83. The van der Waals surface area contributed by atoms with Crippen LogP contribution in [0.4, 0.5) is 0 Å². The maximum Gasteiger partial charge on any atom is 0.0854 e. The molecule has 1 aromatic heterocycles. The van der Waals surface area contributed by atoms with Crippen molar-refractivity contribution in [3.05, 3.63) is 21.9 Å². The zero-order valence-corrected chi connectivity index (χ0v) is 11.1. The number of ether oxygens (including phenoxy) is 1. The quantitative estimate of drug-likeness (QED) is 0.860. The summed E-state index contributed by atoms with van der Waals surface area (Å²) < 4.78 is 5.78. The third-order valence-electron chi connectivity index (χ3n) is 3.78. The summed E-state index contributed by atoms with van der Waals surface area (Å²) in [6, 6.07) is 2.08. The Morgan fingerprint density at radius 1 is 1.31 bits per heavy atom. The summed E-state index contributed by atoms with van der Waals surface area (Å²) in [7, 11) is 0. The Balaban J connectivity index is 2.18. The molecule has 0 amide bonds. The number of aryl methyl sites for hydroxylation is 1. The highest BCUT2D eigenvalue weighted by atomic mass is 32.1. The zero-order chi connectivity index (χ0) is 11.9. The summed E-state index contributed by atoms with van der Waals surface area (Å²) >= 11 is 1.69. The van der Waals surface area contributed by atoms with Gasteiger partial charge in [0.15, 0.2) is 0 Å². The van der Waals surface area contributed by atoms with E-state index in [0.717, 1.165) is 5.56 Å². The highest BCUT2D eigenvalue weighted by Crippen LogP contribution is 2.41. The Hall–Kier alpha value is -0.380. The first-order chi connectivity index (χ1) is 7.50. The van der Waals surface area contributed by atoms with Crippen molar-refractivity contribution in [1.82, 2.24) is 0 Å². The van der Waals surface area contributed by atoms with Crippen LogP contribution in [0, 0.1) is 18.8 Å². The Kier molecular flexibility index (Phi) is 3.38. The van der Waals surface area contributed by atoms with Crippen LogP contribution >= 0.6 is 11.3 Å². The molecule has 1 N–H and O–H groups in total. The lowest BCUT2D eigenvalue weighted by Gasteiger charge is -2.24. The molecule has 2 heterocycles. The van der Waals surface area contributed by atoms with Gasteiger partial charge >= 0.3 is 0 Å². The van der Waals surface area contributed by atoms with Crippen molar-refractivity contribution < 1.29 is 9.84 Å². The van der Waals surface area contributed by atoms with Gasteiger partial charge in [-0.1, -0.05) is 6.92 Å². The van der Waals surface area contributed by atoms with Crippen LogP contribution in [0.5, 0.6) is 0 Å². The van der Waals surface area contributed by atoms with Gasteiger partial charge in [0.2, 0.25) is 0 Å². The molecule has 0 radical (unpaired) electrons. The summed E-state index contributed by atoms with van der Waals surface area (Å²) in [6.07, 6.45) is -0.00510. The van der Waals surface area contributed by atoms with E-state index in [4.69, 9.17) is 4.74 Å². The molecule has 1 aliphatic rings. The fraction of sp³-hybridized carbons (Fsp3) is 0.692. The lowest BCUT2D eigenvalue weighted by molar-refractivity contribution is 0.0232. The average Bonchev–Trinajstić information content (AvgIpc) is 2.73. The number of thiophene rings is 1. The number of hydrogen-bond acceptors (Lipinski definition) is 3. The predicted octanol–water partition coefficient (Wildman–Crippen LogP) is 3.15. The van der Waals surface area contributed by atoms with E-state index >= 15 is 0 Å². The molecule has 0 aromatic carbocycles. The van der Waals surface area contributed by atoms with Crippen molar-refractivity contribution in [2.45, 2.75) is 46.0 Å². The topological polar surface area (TPSA) is 29.5 Å². The average molecular weight is 240 g/mol. The van der Waals surface area contributed by atoms with E-state index < -0.39 is 0 Å². The third kappa shape index (κ3) is 2.04. The number of aliphatic hydroxyl groups is 1. The maximum atomic E-state index is 10.4. The second-order valence-corrected chi connectivity index (χ2v) is 6.03. The monoisotopic (exact) mass is 240 g/mol. The van der Waals surface area contributed by atoms with E-state index in [1.54, 1.807) is 11.3 Å². The summed E-state index contributed by atoms with van der Waals surface area (Å²) in [5.74, 6) is 0.620. The molecular weight excluding hydrogens is 220 g/mol. The Labute approximate surface area is 101 Å². The normalized spacial score (nSPS) is 36.6. The molecule has 5 unspecified atom stereocenters. The largest absolute Gasteiger partial charge is 0.388 e. The molecule has 3 heteroatoms. The van der Waals surface area contributed by atoms with Crippen LogP contribution in [0.3, 0.4) is 0 Å². The van der Waals surface area contributed by atoms with Crippen LogP contribution in [0.1, 0.15) is 37.3 Å². The smallest absolute Gasteiger partial charge is 0.0854 e. The van der Waals surface area contributed by atoms with Crippen LogP contribution in [0.25, 0.3) is 0 Å². The van der Waals surface area contributed by atoms with Crippen molar-refractivity contribution >= 4 is 11.3 Å². The predicted molar refractivity (Wildman–Crippen MR) is 66.7 cm³/mol. The van der Waals surface area contributed by atoms with Crippen molar-refractivity contribution in [2.24, 2.45) is 11.8 Å². The molecule has 2 nitrogen and oxygen atoms in total. The Morgan fingerprint density at radius 2 is 2.00 bits per heavy atom. The second kappa shape index (κ2) is 4.47. The summed E-state index contributed by atoms with van der Waals surface area (Å²) in [4.78, 5) is 1.25. The van der Waals surface area contributed by atoms with E-state index in [1.165, 1.54) is 4.88 Å². The number of hydrogen-bond donors (Lipinski definition) is 1. The standard InChI is InChI=1S/C13H20O2S/c1-7-5-11(6-16-7)13(14)12-8(2)9(3)15-10(12)4/h5-6,8-10,12-14H,1-4H3. The Morgan fingerprint density at radius 3 is 2.44 bits per heavy atom. The van der Waals surface area contributed by atoms with E-state index in [-0.39, 0.29) is 24.2 Å². The number of aliphatic hydroxyl groups excluding tert-OH is 1. The van der Waals surface area contributed by atoms with Crippen molar-refractivity contribution in [2.75, 3.05) is 0 Å². The van der Waals surface area contributed by atoms with Gasteiger partial charge in [0.1, 0.15) is 0 Å². The molecule has 0 aliphatic carbocycles. The van der Waals surface area contributed by atoms with E-state index in [2.05, 4.69) is 39.1 Å². The van der Waals surface area contributed by atoms with Crippen LogP contribution < -0.4 is 0 Å². The minimum Gasteiger partial charge on any atom is -0.388 e. The van der Waals surface area contributed by atoms with Crippen LogP contribution in [-0.2, 0) is 4.74 Å².